The quantitative estimate of drug-likeness (QED) is 0.828. The zero-order valence-corrected chi connectivity index (χ0v) is 14.2. The van der Waals surface area contributed by atoms with Crippen molar-refractivity contribution in [3.05, 3.63) is 29.3 Å². The van der Waals surface area contributed by atoms with Crippen LogP contribution in [0.3, 0.4) is 0 Å². The fourth-order valence-corrected chi connectivity index (χ4v) is 2.65. The zero-order valence-electron chi connectivity index (χ0n) is 13.5. The van der Waals surface area contributed by atoms with E-state index in [1.54, 1.807) is 4.90 Å². The molecule has 5 heteroatoms. The number of nitrogens with zero attached hydrogens (tertiary/aromatic N) is 1. The Balaban J connectivity index is 1.86. The molecular formula is C17H24ClNO3. The summed E-state index contributed by atoms with van der Waals surface area (Å²) in [4.78, 5) is 13.9. The standard InChI is InChI=1S/C17H24ClNO3/c1-17(2,3)22-16(20)19-10-6-7-13(11-19)12-21-15-9-5-4-8-14(15)18/h4-5,8-9,13H,6-7,10-12H2,1-3H3. The highest BCUT2D eigenvalue weighted by Gasteiger charge is 2.27. The van der Waals surface area contributed by atoms with E-state index in [2.05, 4.69) is 0 Å². The van der Waals surface area contributed by atoms with E-state index >= 15 is 0 Å². The first-order valence-corrected chi connectivity index (χ1v) is 8.08. The Morgan fingerprint density at radius 2 is 2.09 bits per heavy atom. The number of halogens is 1. The largest absolute Gasteiger partial charge is 0.492 e. The average molecular weight is 326 g/mol. The molecule has 2 rings (SSSR count). The lowest BCUT2D eigenvalue weighted by Crippen LogP contribution is -2.44. The molecule has 1 aromatic carbocycles. The molecule has 0 spiro atoms. The van der Waals surface area contributed by atoms with E-state index in [4.69, 9.17) is 21.1 Å². The molecule has 1 unspecified atom stereocenters. The van der Waals surface area contributed by atoms with Crippen LogP contribution >= 0.6 is 11.6 Å². The molecule has 1 heterocycles. The number of carbonyl (C=O) groups is 1. The topological polar surface area (TPSA) is 38.8 Å². The first-order valence-electron chi connectivity index (χ1n) is 7.70. The maximum Gasteiger partial charge on any atom is 0.410 e. The maximum atomic E-state index is 12.1. The van der Waals surface area contributed by atoms with Gasteiger partial charge in [-0.15, -0.1) is 0 Å². The molecule has 0 aliphatic carbocycles. The van der Waals surface area contributed by atoms with E-state index in [0.717, 1.165) is 19.4 Å². The summed E-state index contributed by atoms with van der Waals surface area (Å²) in [6.45, 7) is 7.62. The molecule has 1 amide bonds. The number of ether oxygens (including phenoxy) is 2. The predicted molar refractivity (Wildman–Crippen MR) is 87.5 cm³/mol. The van der Waals surface area contributed by atoms with Crippen LogP contribution in [-0.2, 0) is 4.74 Å². The number of hydrogen-bond acceptors (Lipinski definition) is 3. The summed E-state index contributed by atoms with van der Waals surface area (Å²) in [7, 11) is 0. The summed E-state index contributed by atoms with van der Waals surface area (Å²) in [6.07, 6.45) is 1.77. The fraction of sp³-hybridized carbons (Fsp3) is 0.588. The lowest BCUT2D eigenvalue weighted by atomic mass is 9.99. The molecule has 0 bridgehead atoms. The van der Waals surface area contributed by atoms with E-state index in [0.29, 0.717) is 29.8 Å². The van der Waals surface area contributed by atoms with Crippen LogP contribution in [0.4, 0.5) is 4.79 Å². The number of para-hydroxylation sites is 1. The van der Waals surface area contributed by atoms with E-state index < -0.39 is 5.60 Å². The molecule has 1 aliphatic rings. The van der Waals surface area contributed by atoms with Gasteiger partial charge in [-0.05, 0) is 45.7 Å². The number of likely N-dealkylation sites (tertiary alicyclic amines) is 1. The van der Waals surface area contributed by atoms with Gasteiger partial charge in [0.1, 0.15) is 11.4 Å². The van der Waals surface area contributed by atoms with Gasteiger partial charge < -0.3 is 14.4 Å². The van der Waals surface area contributed by atoms with Crippen LogP contribution in [-0.4, -0.2) is 36.3 Å². The van der Waals surface area contributed by atoms with Crippen LogP contribution in [0.15, 0.2) is 24.3 Å². The third-order valence-electron chi connectivity index (χ3n) is 3.48. The van der Waals surface area contributed by atoms with Gasteiger partial charge in [0, 0.05) is 19.0 Å². The predicted octanol–water partition coefficient (Wildman–Crippen LogP) is 4.37. The first kappa shape index (κ1) is 16.9. The minimum Gasteiger partial charge on any atom is -0.492 e. The maximum absolute atomic E-state index is 12.1. The van der Waals surface area contributed by atoms with Crippen LogP contribution in [0.1, 0.15) is 33.6 Å². The van der Waals surface area contributed by atoms with Crippen molar-refractivity contribution in [1.29, 1.82) is 0 Å². The van der Waals surface area contributed by atoms with Gasteiger partial charge in [-0.25, -0.2) is 4.79 Å². The SMILES string of the molecule is CC(C)(C)OC(=O)N1CCCC(COc2ccccc2Cl)C1. The Morgan fingerprint density at radius 3 is 2.77 bits per heavy atom. The third kappa shape index (κ3) is 5.09. The van der Waals surface area contributed by atoms with E-state index in [9.17, 15) is 4.79 Å². The molecule has 1 aromatic rings. The summed E-state index contributed by atoms with van der Waals surface area (Å²) >= 11 is 6.08. The minimum absolute atomic E-state index is 0.241. The van der Waals surface area contributed by atoms with Gasteiger partial charge in [-0.3, -0.25) is 0 Å². The number of piperidine rings is 1. The van der Waals surface area contributed by atoms with Crippen molar-refractivity contribution in [2.45, 2.75) is 39.2 Å². The Bertz CT molecular complexity index is 513. The van der Waals surface area contributed by atoms with Crippen molar-refractivity contribution in [1.82, 2.24) is 4.90 Å². The molecular weight excluding hydrogens is 302 g/mol. The highest BCUT2D eigenvalue weighted by atomic mass is 35.5. The minimum atomic E-state index is -0.460. The zero-order chi connectivity index (χ0) is 16.2. The van der Waals surface area contributed by atoms with Gasteiger partial charge in [-0.2, -0.15) is 0 Å². The second kappa shape index (κ2) is 7.23. The van der Waals surface area contributed by atoms with E-state index in [1.165, 1.54) is 0 Å². The second-order valence-corrected chi connectivity index (χ2v) is 7.08. The van der Waals surface area contributed by atoms with Gasteiger partial charge in [0.2, 0.25) is 0 Å². The monoisotopic (exact) mass is 325 g/mol. The fourth-order valence-electron chi connectivity index (χ4n) is 2.46. The molecule has 0 radical (unpaired) electrons. The molecule has 0 aromatic heterocycles. The highest BCUT2D eigenvalue weighted by Crippen LogP contribution is 2.25. The van der Waals surface area contributed by atoms with Crippen molar-refractivity contribution in [2.75, 3.05) is 19.7 Å². The number of benzene rings is 1. The first-order chi connectivity index (χ1) is 10.3. The Morgan fingerprint density at radius 1 is 1.36 bits per heavy atom. The summed E-state index contributed by atoms with van der Waals surface area (Å²) in [6, 6.07) is 7.44. The van der Waals surface area contributed by atoms with Gasteiger partial charge in [0.25, 0.3) is 0 Å². The third-order valence-corrected chi connectivity index (χ3v) is 3.79. The molecule has 0 N–H and O–H groups in total. The van der Waals surface area contributed by atoms with Crippen LogP contribution in [0.25, 0.3) is 0 Å². The molecule has 1 fully saturated rings. The van der Waals surface area contributed by atoms with Crippen molar-refractivity contribution in [2.24, 2.45) is 5.92 Å². The Hall–Kier alpha value is -1.42. The number of carbonyl (C=O) groups excluding carboxylic acids is 1. The molecule has 22 heavy (non-hydrogen) atoms. The summed E-state index contributed by atoms with van der Waals surface area (Å²) in [5.41, 5.74) is -0.460. The van der Waals surface area contributed by atoms with Crippen LogP contribution in [0.2, 0.25) is 5.02 Å². The summed E-state index contributed by atoms with van der Waals surface area (Å²) in [5, 5.41) is 0.613. The smallest absolute Gasteiger partial charge is 0.410 e. The highest BCUT2D eigenvalue weighted by molar-refractivity contribution is 6.32. The normalized spacial score (nSPS) is 18.9. The van der Waals surface area contributed by atoms with Crippen molar-refractivity contribution in [3.63, 3.8) is 0 Å². The average Bonchev–Trinajstić information content (AvgIpc) is 2.45. The van der Waals surface area contributed by atoms with Crippen LogP contribution in [0.5, 0.6) is 5.75 Å². The van der Waals surface area contributed by atoms with Crippen LogP contribution < -0.4 is 4.74 Å². The van der Waals surface area contributed by atoms with Crippen LogP contribution in [0, 0.1) is 5.92 Å². The van der Waals surface area contributed by atoms with Gasteiger partial charge in [-0.1, -0.05) is 23.7 Å². The number of hydrogen-bond donors (Lipinski definition) is 0. The molecule has 1 aliphatic heterocycles. The van der Waals surface area contributed by atoms with Gasteiger partial charge in [0.05, 0.1) is 11.6 Å². The van der Waals surface area contributed by atoms with E-state index in [-0.39, 0.29) is 6.09 Å². The van der Waals surface area contributed by atoms with Crippen molar-refractivity contribution in [3.8, 4) is 5.75 Å². The summed E-state index contributed by atoms with van der Waals surface area (Å²) < 4.78 is 11.2. The lowest BCUT2D eigenvalue weighted by Gasteiger charge is -2.34. The lowest BCUT2D eigenvalue weighted by molar-refractivity contribution is 0.0139. The Kier molecular flexibility index (Phi) is 5.57. The van der Waals surface area contributed by atoms with Gasteiger partial charge >= 0.3 is 6.09 Å². The summed E-state index contributed by atoms with van der Waals surface area (Å²) in [5.74, 6) is 0.996. The van der Waals surface area contributed by atoms with E-state index in [1.807, 2.05) is 45.0 Å². The number of rotatable bonds is 3. The molecule has 1 atom stereocenters. The van der Waals surface area contributed by atoms with Crippen molar-refractivity contribution < 1.29 is 14.3 Å². The molecule has 122 valence electrons. The molecule has 0 saturated carbocycles. The van der Waals surface area contributed by atoms with Crippen molar-refractivity contribution >= 4 is 17.7 Å². The molecule has 4 nitrogen and oxygen atoms in total. The second-order valence-electron chi connectivity index (χ2n) is 6.68. The molecule has 1 saturated heterocycles. The van der Waals surface area contributed by atoms with Gasteiger partial charge in [0.15, 0.2) is 0 Å². The number of amides is 1. The Labute approximate surface area is 137 Å².